The molecule has 63 heavy (non-hydrogen) atoms. The summed E-state index contributed by atoms with van der Waals surface area (Å²) in [6.07, 6.45) is 28.2. The van der Waals surface area contributed by atoms with Gasteiger partial charge in [-0.1, -0.05) is 160 Å². The number of carbonyl (C=O) groups is 3. The second-order valence-corrected chi connectivity index (χ2v) is 17.6. The van der Waals surface area contributed by atoms with Crippen LogP contribution < -0.4 is 14.2 Å². The minimum Gasteiger partial charge on any atom is -0.494 e. The van der Waals surface area contributed by atoms with Gasteiger partial charge < -0.3 is 18.9 Å². The molecule has 1 heterocycles. The number of thiophene rings is 1. The summed E-state index contributed by atoms with van der Waals surface area (Å²) < 4.78 is 23.6. The van der Waals surface area contributed by atoms with Gasteiger partial charge in [-0.25, -0.2) is 14.4 Å². The predicted octanol–water partition coefficient (Wildman–Crippen LogP) is 15.8. The quantitative estimate of drug-likeness (QED) is 0.0196. The van der Waals surface area contributed by atoms with E-state index < -0.39 is 11.9 Å². The molecule has 0 saturated carbocycles. The largest absolute Gasteiger partial charge is 0.494 e. The molecule has 0 aliphatic carbocycles. The zero-order valence-electron chi connectivity index (χ0n) is 37.7. The van der Waals surface area contributed by atoms with E-state index in [9.17, 15) is 14.4 Å². The maximum absolute atomic E-state index is 13.1. The number of hydrogen-bond donors (Lipinski definition) is 0. The van der Waals surface area contributed by atoms with Crippen molar-refractivity contribution in [1.29, 1.82) is 0 Å². The summed E-state index contributed by atoms with van der Waals surface area (Å²) in [6, 6.07) is 29.5. The van der Waals surface area contributed by atoms with E-state index in [-0.39, 0.29) is 5.97 Å². The average Bonchev–Trinajstić information content (AvgIpc) is 3.74. The van der Waals surface area contributed by atoms with Crippen molar-refractivity contribution in [3.63, 3.8) is 0 Å². The van der Waals surface area contributed by atoms with Crippen LogP contribution in [0.5, 0.6) is 17.2 Å². The molecule has 5 aromatic rings. The van der Waals surface area contributed by atoms with Gasteiger partial charge in [0.25, 0.3) is 0 Å². The van der Waals surface area contributed by atoms with Crippen molar-refractivity contribution >= 4 is 45.4 Å². The molecule has 0 atom stereocenters. The van der Waals surface area contributed by atoms with Gasteiger partial charge in [-0.15, -0.1) is 11.3 Å². The first kappa shape index (κ1) is 48.8. The molecular weight excluding hydrogens is 805 g/mol. The van der Waals surface area contributed by atoms with E-state index in [1.165, 1.54) is 127 Å². The minimum absolute atomic E-state index is 0.324. The molecule has 5 rings (SSSR count). The Kier molecular flexibility index (Phi) is 22.1. The number of rotatable bonds is 30. The van der Waals surface area contributed by atoms with Gasteiger partial charge in [0.05, 0.1) is 18.8 Å². The highest BCUT2D eigenvalue weighted by atomic mass is 32.1. The maximum Gasteiger partial charge on any atom is 0.353 e. The molecule has 0 N–H and O–H groups in total. The maximum atomic E-state index is 13.1. The highest BCUT2D eigenvalue weighted by molar-refractivity contribution is 7.20. The molecule has 0 aliphatic rings. The summed E-state index contributed by atoms with van der Waals surface area (Å²) in [5, 5.41) is 0.978. The number of hydrogen-bond acceptors (Lipinski definition) is 8. The monoisotopic (exact) mass is 872 g/mol. The SMILES string of the molecule is CCCCCCCCCCCCOC(=O)c1ccc(OC(=O)/C=C/c2ccc(OC(=O)c3cc4cc(-c5ccc(OCCCCCCCCCCCC)cc5)ccc4s3)cc2)cc1. The van der Waals surface area contributed by atoms with E-state index in [1.807, 2.05) is 24.3 Å². The van der Waals surface area contributed by atoms with Crippen LogP contribution in [0.2, 0.25) is 0 Å². The molecule has 0 aliphatic heterocycles. The number of fused-ring (bicyclic) bond motifs is 1. The van der Waals surface area contributed by atoms with E-state index in [4.69, 9.17) is 18.9 Å². The van der Waals surface area contributed by atoms with Crippen LogP contribution in [0, 0.1) is 0 Å². The smallest absolute Gasteiger partial charge is 0.353 e. The van der Waals surface area contributed by atoms with E-state index in [0.717, 1.165) is 58.4 Å². The highest BCUT2D eigenvalue weighted by Crippen LogP contribution is 2.32. The third kappa shape index (κ3) is 18.2. The molecule has 0 spiro atoms. The van der Waals surface area contributed by atoms with Crippen LogP contribution in [0.15, 0.2) is 103 Å². The van der Waals surface area contributed by atoms with Gasteiger partial charge in [0.1, 0.15) is 22.1 Å². The summed E-state index contributed by atoms with van der Waals surface area (Å²) in [4.78, 5) is 38.6. The molecule has 7 nitrogen and oxygen atoms in total. The fraction of sp³-hybridized carbons (Fsp3) is 0.436. The number of benzene rings is 4. The first-order chi connectivity index (χ1) is 30.9. The van der Waals surface area contributed by atoms with E-state index in [2.05, 4.69) is 38.1 Å². The zero-order chi connectivity index (χ0) is 44.3. The predicted molar refractivity (Wildman–Crippen MR) is 259 cm³/mol. The van der Waals surface area contributed by atoms with Gasteiger partial charge in [0.15, 0.2) is 0 Å². The third-order valence-corrected chi connectivity index (χ3v) is 12.3. The Morgan fingerprint density at radius 1 is 0.492 bits per heavy atom. The summed E-state index contributed by atoms with van der Waals surface area (Å²) in [7, 11) is 0. The second kappa shape index (κ2) is 28.5. The van der Waals surface area contributed by atoms with Gasteiger partial charge in [-0.3, -0.25) is 0 Å². The van der Waals surface area contributed by atoms with Crippen molar-refractivity contribution in [3.8, 4) is 28.4 Å². The Morgan fingerprint density at radius 2 is 1.00 bits per heavy atom. The van der Waals surface area contributed by atoms with Crippen molar-refractivity contribution in [2.24, 2.45) is 0 Å². The Balaban J connectivity index is 0.982. The van der Waals surface area contributed by atoms with E-state index in [0.29, 0.717) is 28.5 Å². The summed E-state index contributed by atoms with van der Waals surface area (Å²) in [5.74, 6) is 0.238. The standard InChI is InChI=1S/C55H68O7S/c1-3-5-7-9-11-13-15-17-19-21-39-59-48-33-26-44(27-34-48)46-30-37-51-47(41-46)42-52(63-51)55(58)62-50-31-23-43(24-32-50)25-38-53(56)61-49-35-28-45(29-36-49)54(57)60-40-22-20-18-16-14-12-10-8-6-4-2/h23-38,41-42H,3-22,39-40H2,1-2H3/b38-25+. The fourth-order valence-electron chi connectivity index (χ4n) is 7.46. The van der Waals surface area contributed by atoms with Gasteiger partial charge in [-0.05, 0) is 108 Å². The summed E-state index contributed by atoms with van der Waals surface area (Å²) in [5.41, 5.74) is 3.30. The lowest BCUT2D eigenvalue weighted by Crippen LogP contribution is -2.07. The first-order valence-electron chi connectivity index (χ1n) is 23.7. The second-order valence-electron chi connectivity index (χ2n) is 16.5. The third-order valence-electron chi connectivity index (χ3n) is 11.2. The minimum atomic E-state index is -0.560. The lowest BCUT2D eigenvalue weighted by Gasteiger charge is -2.08. The molecule has 0 unspecified atom stereocenters. The van der Waals surface area contributed by atoms with Crippen LogP contribution in [-0.2, 0) is 9.53 Å². The van der Waals surface area contributed by atoms with Gasteiger partial charge >= 0.3 is 17.9 Å². The van der Waals surface area contributed by atoms with Crippen LogP contribution in [0.25, 0.3) is 27.3 Å². The Hall–Kier alpha value is -5.21. The molecule has 0 bridgehead atoms. The van der Waals surface area contributed by atoms with Crippen molar-refractivity contribution in [1.82, 2.24) is 0 Å². The lowest BCUT2D eigenvalue weighted by atomic mass is 10.0. The average molecular weight is 873 g/mol. The Labute approximate surface area is 380 Å². The summed E-state index contributed by atoms with van der Waals surface area (Å²) >= 11 is 1.40. The van der Waals surface area contributed by atoms with Crippen LogP contribution in [0.3, 0.4) is 0 Å². The normalized spacial score (nSPS) is 11.3. The molecule has 8 heteroatoms. The Bertz CT molecular complexity index is 2120. The number of unbranched alkanes of at least 4 members (excludes halogenated alkanes) is 18. The number of carbonyl (C=O) groups excluding carboxylic acids is 3. The van der Waals surface area contributed by atoms with Crippen molar-refractivity contribution in [3.05, 3.63) is 119 Å². The molecule has 336 valence electrons. The Morgan fingerprint density at radius 3 is 1.60 bits per heavy atom. The van der Waals surface area contributed by atoms with Crippen molar-refractivity contribution in [2.75, 3.05) is 13.2 Å². The lowest BCUT2D eigenvalue weighted by molar-refractivity contribution is -0.128. The van der Waals surface area contributed by atoms with E-state index >= 15 is 0 Å². The molecule has 0 amide bonds. The van der Waals surface area contributed by atoms with Gasteiger partial charge in [0.2, 0.25) is 0 Å². The zero-order valence-corrected chi connectivity index (χ0v) is 38.5. The summed E-state index contributed by atoms with van der Waals surface area (Å²) in [6.45, 7) is 5.65. The topological polar surface area (TPSA) is 88.1 Å². The fourth-order valence-corrected chi connectivity index (χ4v) is 8.38. The number of ether oxygens (including phenoxy) is 4. The van der Waals surface area contributed by atoms with Crippen LogP contribution >= 0.6 is 11.3 Å². The molecule has 1 aromatic heterocycles. The van der Waals surface area contributed by atoms with Crippen molar-refractivity contribution < 1.29 is 33.3 Å². The molecular formula is C55H68O7S. The van der Waals surface area contributed by atoms with E-state index in [1.54, 1.807) is 54.6 Å². The van der Waals surface area contributed by atoms with Crippen LogP contribution in [-0.4, -0.2) is 31.1 Å². The molecule has 0 saturated heterocycles. The first-order valence-corrected chi connectivity index (χ1v) is 24.5. The van der Waals surface area contributed by atoms with Crippen molar-refractivity contribution in [2.45, 2.75) is 142 Å². The number of esters is 3. The highest BCUT2D eigenvalue weighted by Gasteiger charge is 2.14. The van der Waals surface area contributed by atoms with Gasteiger partial charge in [0, 0.05) is 10.8 Å². The van der Waals surface area contributed by atoms with Gasteiger partial charge in [-0.2, -0.15) is 0 Å². The molecule has 4 aromatic carbocycles. The van der Waals surface area contributed by atoms with Crippen LogP contribution in [0.1, 0.15) is 168 Å². The molecule has 0 fully saturated rings. The van der Waals surface area contributed by atoms with Crippen LogP contribution in [0.4, 0.5) is 0 Å². The molecule has 0 radical (unpaired) electrons.